The van der Waals surface area contributed by atoms with Crippen LogP contribution in [0, 0.1) is 0 Å². The Labute approximate surface area is 145 Å². The first kappa shape index (κ1) is 18.1. The van der Waals surface area contributed by atoms with Crippen molar-refractivity contribution in [2.45, 2.75) is 46.0 Å². The van der Waals surface area contributed by atoms with Crippen molar-refractivity contribution in [1.29, 1.82) is 0 Å². The van der Waals surface area contributed by atoms with Gasteiger partial charge in [-0.2, -0.15) is 0 Å². The van der Waals surface area contributed by atoms with Crippen molar-refractivity contribution in [3.63, 3.8) is 0 Å². The third kappa shape index (κ3) is 5.12. The van der Waals surface area contributed by atoms with Crippen molar-refractivity contribution in [1.82, 2.24) is 0 Å². The molecule has 0 unspecified atom stereocenters. The molecule has 0 saturated carbocycles. The molecule has 2 rings (SSSR count). The molecule has 24 heavy (non-hydrogen) atoms. The van der Waals surface area contributed by atoms with E-state index in [1.165, 1.54) is 5.56 Å². The fourth-order valence-corrected chi connectivity index (χ4v) is 2.37. The standard InChI is InChI=1S/C21H27NO2/c1-4-6-15-24-20-13-9-18(10-14-20)21(23)22-19-11-7-17(8-12-19)16(3)5-2/h7-14,16H,4-6,15H2,1-3H3,(H,22,23)/t16-/m1/s1. The Morgan fingerprint density at radius 1 is 1.04 bits per heavy atom. The highest BCUT2D eigenvalue weighted by Crippen LogP contribution is 2.21. The number of hydrogen-bond acceptors (Lipinski definition) is 2. The second kappa shape index (κ2) is 9.11. The molecule has 0 aromatic heterocycles. The fourth-order valence-electron chi connectivity index (χ4n) is 2.37. The summed E-state index contributed by atoms with van der Waals surface area (Å²) in [7, 11) is 0. The molecule has 3 nitrogen and oxygen atoms in total. The van der Waals surface area contributed by atoms with Gasteiger partial charge in [0.1, 0.15) is 5.75 Å². The van der Waals surface area contributed by atoms with Gasteiger partial charge in [-0.15, -0.1) is 0 Å². The van der Waals surface area contributed by atoms with Gasteiger partial charge in [-0.3, -0.25) is 4.79 Å². The van der Waals surface area contributed by atoms with Crippen LogP contribution < -0.4 is 10.1 Å². The zero-order valence-corrected chi connectivity index (χ0v) is 14.8. The third-order valence-electron chi connectivity index (χ3n) is 4.23. The van der Waals surface area contributed by atoms with E-state index in [9.17, 15) is 4.79 Å². The zero-order chi connectivity index (χ0) is 17.4. The number of unbranched alkanes of at least 4 members (excludes halogenated alkanes) is 1. The van der Waals surface area contributed by atoms with Gasteiger partial charge in [-0.25, -0.2) is 0 Å². The number of carbonyl (C=O) groups is 1. The first-order valence-electron chi connectivity index (χ1n) is 8.78. The normalized spacial score (nSPS) is 11.8. The highest BCUT2D eigenvalue weighted by Gasteiger charge is 2.07. The highest BCUT2D eigenvalue weighted by atomic mass is 16.5. The summed E-state index contributed by atoms with van der Waals surface area (Å²) in [6.45, 7) is 7.23. The summed E-state index contributed by atoms with van der Waals surface area (Å²) in [5.74, 6) is 1.24. The van der Waals surface area contributed by atoms with Crippen LogP contribution >= 0.6 is 0 Å². The molecular weight excluding hydrogens is 298 g/mol. The summed E-state index contributed by atoms with van der Waals surface area (Å²) in [5.41, 5.74) is 2.74. The lowest BCUT2D eigenvalue weighted by Gasteiger charge is -2.11. The third-order valence-corrected chi connectivity index (χ3v) is 4.23. The summed E-state index contributed by atoms with van der Waals surface area (Å²) in [4.78, 5) is 12.3. The molecular formula is C21H27NO2. The van der Waals surface area contributed by atoms with Crippen molar-refractivity contribution in [2.24, 2.45) is 0 Å². The van der Waals surface area contributed by atoms with E-state index in [1.54, 1.807) is 12.1 Å². The van der Waals surface area contributed by atoms with E-state index in [4.69, 9.17) is 4.74 Å². The minimum atomic E-state index is -0.105. The van der Waals surface area contributed by atoms with Gasteiger partial charge in [0.15, 0.2) is 0 Å². The predicted octanol–water partition coefficient (Wildman–Crippen LogP) is 5.63. The summed E-state index contributed by atoms with van der Waals surface area (Å²) in [6.07, 6.45) is 3.25. The molecule has 3 heteroatoms. The van der Waals surface area contributed by atoms with Gasteiger partial charge in [-0.1, -0.05) is 39.3 Å². The van der Waals surface area contributed by atoms with Crippen molar-refractivity contribution in [2.75, 3.05) is 11.9 Å². The number of anilines is 1. The fraction of sp³-hybridized carbons (Fsp3) is 0.381. The number of amides is 1. The molecule has 0 bridgehead atoms. The largest absolute Gasteiger partial charge is 0.494 e. The smallest absolute Gasteiger partial charge is 0.255 e. The molecule has 0 aliphatic rings. The van der Waals surface area contributed by atoms with Gasteiger partial charge in [0.2, 0.25) is 0 Å². The zero-order valence-electron chi connectivity index (χ0n) is 14.8. The summed E-state index contributed by atoms with van der Waals surface area (Å²) in [5, 5.41) is 2.93. The lowest BCUT2D eigenvalue weighted by atomic mass is 9.98. The summed E-state index contributed by atoms with van der Waals surface area (Å²) < 4.78 is 5.61. The Hall–Kier alpha value is -2.29. The second-order valence-electron chi connectivity index (χ2n) is 6.11. The molecule has 2 aromatic carbocycles. The Kier molecular flexibility index (Phi) is 6.86. The molecule has 0 aliphatic carbocycles. The van der Waals surface area contributed by atoms with Crippen LogP contribution in [0.2, 0.25) is 0 Å². The molecule has 1 amide bonds. The molecule has 1 atom stereocenters. The SMILES string of the molecule is CCCCOc1ccc(C(=O)Nc2ccc([C@H](C)CC)cc2)cc1. The van der Waals surface area contributed by atoms with Crippen LogP contribution in [-0.4, -0.2) is 12.5 Å². The van der Waals surface area contributed by atoms with E-state index in [0.717, 1.165) is 30.7 Å². The van der Waals surface area contributed by atoms with Gasteiger partial charge in [-0.05, 0) is 60.7 Å². The van der Waals surface area contributed by atoms with E-state index in [1.807, 2.05) is 24.3 Å². The van der Waals surface area contributed by atoms with Crippen molar-refractivity contribution < 1.29 is 9.53 Å². The Morgan fingerprint density at radius 2 is 1.71 bits per heavy atom. The van der Waals surface area contributed by atoms with Crippen LogP contribution in [0.5, 0.6) is 5.75 Å². The molecule has 0 radical (unpaired) electrons. The van der Waals surface area contributed by atoms with E-state index >= 15 is 0 Å². The van der Waals surface area contributed by atoms with Gasteiger partial charge < -0.3 is 10.1 Å². The molecule has 0 fully saturated rings. The molecule has 2 aromatic rings. The molecule has 0 heterocycles. The molecule has 0 spiro atoms. The quantitative estimate of drug-likeness (QED) is 0.639. The average Bonchev–Trinajstić information content (AvgIpc) is 2.62. The Bertz CT molecular complexity index is 632. The number of rotatable bonds is 8. The van der Waals surface area contributed by atoms with Crippen LogP contribution in [0.4, 0.5) is 5.69 Å². The molecule has 128 valence electrons. The van der Waals surface area contributed by atoms with Crippen LogP contribution in [0.15, 0.2) is 48.5 Å². The first-order valence-corrected chi connectivity index (χ1v) is 8.78. The summed E-state index contributed by atoms with van der Waals surface area (Å²) >= 11 is 0. The van der Waals surface area contributed by atoms with Gasteiger partial charge in [0, 0.05) is 11.3 Å². The molecule has 0 aliphatic heterocycles. The van der Waals surface area contributed by atoms with Crippen LogP contribution in [0.1, 0.15) is 61.9 Å². The predicted molar refractivity (Wildman–Crippen MR) is 99.9 cm³/mol. The number of carbonyl (C=O) groups excluding carboxylic acids is 1. The summed E-state index contributed by atoms with van der Waals surface area (Å²) in [6, 6.07) is 15.4. The second-order valence-corrected chi connectivity index (χ2v) is 6.11. The minimum Gasteiger partial charge on any atom is -0.494 e. The van der Waals surface area contributed by atoms with Crippen molar-refractivity contribution in [3.8, 4) is 5.75 Å². The number of ether oxygens (including phenoxy) is 1. The Balaban J connectivity index is 1.94. The average molecular weight is 325 g/mol. The number of nitrogens with one attached hydrogen (secondary N) is 1. The molecule has 0 saturated heterocycles. The van der Waals surface area contributed by atoms with Gasteiger partial charge >= 0.3 is 0 Å². The number of hydrogen-bond donors (Lipinski definition) is 1. The van der Waals surface area contributed by atoms with Gasteiger partial charge in [0.25, 0.3) is 5.91 Å². The van der Waals surface area contributed by atoms with Crippen LogP contribution in [0.3, 0.4) is 0 Å². The van der Waals surface area contributed by atoms with Crippen molar-refractivity contribution in [3.05, 3.63) is 59.7 Å². The van der Waals surface area contributed by atoms with Crippen LogP contribution in [-0.2, 0) is 0 Å². The van der Waals surface area contributed by atoms with Crippen molar-refractivity contribution >= 4 is 11.6 Å². The lowest BCUT2D eigenvalue weighted by Crippen LogP contribution is -2.11. The van der Waals surface area contributed by atoms with E-state index in [2.05, 4.69) is 38.2 Å². The topological polar surface area (TPSA) is 38.3 Å². The maximum Gasteiger partial charge on any atom is 0.255 e. The lowest BCUT2D eigenvalue weighted by molar-refractivity contribution is 0.102. The van der Waals surface area contributed by atoms with E-state index < -0.39 is 0 Å². The minimum absolute atomic E-state index is 0.105. The van der Waals surface area contributed by atoms with E-state index in [-0.39, 0.29) is 5.91 Å². The maximum absolute atomic E-state index is 12.3. The molecule has 1 N–H and O–H groups in total. The Morgan fingerprint density at radius 3 is 2.29 bits per heavy atom. The van der Waals surface area contributed by atoms with E-state index in [0.29, 0.717) is 18.1 Å². The monoisotopic (exact) mass is 325 g/mol. The maximum atomic E-state index is 12.3. The number of benzene rings is 2. The van der Waals surface area contributed by atoms with Gasteiger partial charge in [0.05, 0.1) is 6.61 Å². The first-order chi connectivity index (χ1) is 11.6. The van der Waals surface area contributed by atoms with Crippen LogP contribution in [0.25, 0.3) is 0 Å². The highest BCUT2D eigenvalue weighted by molar-refractivity contribution is 6.04.